The molecule has 116 valence electrons. The van der Waals surface area contributed by atoms with Gasteiger partial charge < -0.3 is 10.1 Å². The Morgan fingerprint density at radius 1 is 1.43 bits per heavy atom. The number of rotatable bonds is 3. The van der Waals surface area contributed by atoms with Gasteiger partial charge in [0.1, 0.15) is 11.6 Å². The summed E-state index contributed by atoms with van der Waals surface area (Å²) in [5.74, 6) is -0.602. The first-order valence-electron chi connectivity index (χ1n) is 7.37. The predicted octanol–water partition coefficient (Wildman–Crippen LogP) is 3.01. The summed E-state index contributed by atoms with van der Waals surface area (Å²) in [6.07, 6.45) is 2.92. The zero-order valence-corrected chi connectivity index (χ0v) is 13.9. The molecule has 0 aliphatic heterocycles. The smallest absolute Gasteiger partial charge is 0.328 e. The first kappa shape index (κ1) is 16.0. The number of nitrogens with one attached hydrogen (secondary N) is 1. The standard InChI is InChI=1S/C16H23NO3S/c1-10(15(19)20-16(2,3)4)17-14(18)12-6-5-7-13-11(12)8-9-21-13/h8-10,12H,5-7H2,1-4H3,(H,17,18)/t10-,12?/m0/s1. The number of carbonyl (C=O) groups excluding carboxylic acids is 2. The quantitative estimate of drug-likeness (QED) is 0.873. The highest BCUT2D eigenvalue weighted by Crippen LogP contribution is 2.35. The maximum absolute atomic E-state index is 12.4. The molecule has 0 fully saturated rings. The van der Waals surface area contributed by atoms with Crippen molar-refractivity contribution in [2.24, 2.45) is 0 Å². The maximum Gasteiger partial charge on any atom is 0.328 e. The molecule has 1 aliphatic carbocycles. The predicted molar refractivity (Wildman–Crippen MR) is 83.4 cm³/mol. The van der Waals surface area contributed by atoms with E-state index in [9.17, 15) is 9.59 Å². The van der Waals surface area contributed by atoms with Crippen molar-refractivity contribution >= 4 is 23.2 Å². The number of thiophene rings is 1. The topological polar surface area (TPSA) is 55.4 Å². The van der Waals surface area contributed by atoms with Crippen LogP contribution in [0.2, 0.25) is 0 Å². The van der Waals surface area contributed by atoms with Crippen molar-refractivity contribution in [2.45, 2.75) is 64.5 Å². The summed E-state index contributed by atoms with van der Waals surface area (Å²) in [7, 11) is 0. The third-order valence-corrected chi connectivity index (χ3v) is 4.48. The average molecular weight is 309 g/mol. The van der Waals surface area contributed by atoms with Crippen LogP contribution >= 0.6 is 11.3 Å². The Bertz CT molecular complexity index is 530. The van der Waals surface area contributed by atoms with Gasteiger partial charge >= 0.3 is 5.97 Å². The summed E-state index contributed by atoms with van der Waals surface area (Å²) in [6.45, 7) is 7.12. The van der Waals surface area contributed by atoms with Crippen LogP contribution < -0.4 is 5.32 Å². The van der Waals surface area contributed by atoms with Gasteiger partial charge in [-0.05, 0) is 64.0 Å². The van der Waals surface area contributed by atoms with E-state index in [4.69, 9.17) is 4.74 Å². The number of carbonyl (C=O) groups is 2. The highest BCUT2D eigenvalue weighted by Gasteiger charge is 2.30. The van der Waals surface area contributed by atoms with E-state index in [1.807, 2.05) is 32.2 Å². The molecule has 5 heteroatoms. The van der Waals surface area contributed by atoms with E-state index in [0.717, 1.165) is 24.8 Å². The van der Waals surface area contributed by atoms with E-state index in [-0.39, 0.29) is 11.8 Å². The minimum atomic E-state index is -0.624. The fraction of sp³-hybridized carbons (Fsp3) is 0.625. The van der Waals surface area contributed by atoms with Crippen molar-refractivity contribution in [1.82, 2.24) is 5.32 Å². The normalized spacial score (nSPS) is 19.5. The van der Waals surface area contributed by atoms with Crippen molar-refractivity contribution in [3.05, 3.63) is 21.9 Å². The van der Waals surface area contributed by atoms with Gasteiger partial charge in [-0.1, -0.05) is 0 Å². The molecule has 1 aromatic heterocycles. The molecule has 2 rings (SSSR count). The Morgan fingerprint density at radius 3 is 2.81 bits per heavy atom. The van der Waals surface area contributed by atoms with Gasteiger partial charge in [-0.15, -0.1) is 11.3 Å². The summed E-state index contributed by atoms with van der Waals surface area (Å²) in [5, 5.41) is 4.83. The number of aryl methyl sites for hydroxylation is 1. The van der Waals surface area contributed by atoms with Gasteiger partial charge in [0.05, 0.1) is 5.92 Å². The largest absolute Gasteiger partial charge is 0.458 e. The molecular weight excluding hydrogens is 286 g/mol. The molecule has 0 saturated heterocycles. The van der Waals surface area contributed by atoms with E-state index in [1.54, 1.807) is 18.3 Å². The van der Waals surface area contributed by atoms with E-state index in [1.165, 1.54) is 4.88 Å². The van der Waals surface area contributed by atoms with Gasteiger partial charge in [0, 0.05) is 4.88 Å². The van der Waals surface area contributed by atoms with Crippen LogP contribution in [0, 0.1) is 0 Å². The van der Waals surface area contributed by atoms with Crippen LogP contribution in [0.25, 0.3) is 0 Å². The molecular formula is C16H23NO3S. The molecule has 1 amide bonds. The third kappa shape index (κ3) is 4.06. The highest BCUT2D eigenvalue weighted by atomic mass is 32.1. The SMILES string of the molecule is C[C@H](NC(=O)C1CCCc2sccc21)C(=O)OC(C)(C)C. The van der Waals surface area contributed by atoms with E-state index in [2.05, 4.69) is 5.32 Å². The number of hydrogen-bond acceptors (Lipinski definition) is 4. The average Bonchev–Trinajstić information content (AvgIpc) is 2.84. The fourth-order valence-electron chi connectivity index (χ4n) is 2.52. The minimum Gasteiger partial charge on any atom is -0.458 e. The Kier molecular flexibility index (Phi) is 4.71. The zero-order chi connectivity index (χ0) is 15.6. The van der Waals surface area contributed by atoms with Crippen molar-refractivity contribution in [1.29, 1.82) is 0 Å². The highest BCUT2D eigenvalue weighted by molar-refractivity contribution is 7.10. The molecule has 0 radical (unpaired) electrons. The van der Waals surface area contributed by atoms with Crippen molar-refractivity contribution in [2.75, 3.05) is 0 Å². The van der Waals surface area contributed by atoms with E-state index < -0.39 is 17.6 Å². The molecule has 0 spiro atoms. The minimum absolute atomic E-state index is 0.0762. The van der Waals surface area contributed by atoms with Crippen LogP contribution in [0.1, 0.15) is 56.9 Å². The molecule has 2 atom stereocenters. The molecule has 1 unspecified atom stereocenters. The first-order valence-corrected chi connectivity index (χ1v) is 8.25. The number of ether oxygens (including phenoxy) is 1. The van der Waals surface area contributed by atoms with E-state index in [0.29, 0.717) is 0 Å². The Morgan fingerprint density at radius 2 is 2.14 bits per heavy atom. The first-order chi connectivity index (χ1) is 9.78. The monoisotopic (exact) mass is 309 g/mol. The summed E-state index contributed by atoms with van der Waals surface area (Å²) < 4.78 is 5.29. The summed E-state index contributed by atoms with van der Waals surface area (Å²) in [4.78, 5) is 25.7. The van der Waals surface area contributed by atoms with Gasteiger partial charge in [0.2, 0.25) is 5.91 Å². The second kappa shape index (κ2) is 6.18. The van der Waals surface area contributed by atoms with Gasteiger partial charge in [-0.2, -0.15) is 0 Å². The van der Waals surface area contributed by atoms with Crippen LogP contribution in [-0.4, -0.2) is 23.5 Å². The molecule has 0 saturated carbocycles. The van der Waals surface area contributed by atoms with Gasteiger partial charge in [-0.3, -0.25) is 4.79 Å². The van der Waals surface area contributed by atoms with E-state index >= 15 is 0 Å². The number of esters is 1. The molecule has 1 heterocycles. The van der Waals surface area contributed by atoms with Crippen LogP contribution in [0.3, 0.4) is 0 Å². The lowest BCUT2D eigenvalue weighted by atomic mass is 9.87. The molecule has 1 N–H and O–H groups in total. The van der Waals surface area contributed by atoms with Crippen LogP contribution in [0.4, 0.5) is 0 Å². The Hall–Kier alpha value is -1.36. The molecule has 4 nitrogen and oxygen atoms in total. The lowest BCUT2D eigenvalue weighted by Crippen LogP contribution is -2.44. The summed E-state index contributed by atoms with van der Waals surface area (Å²) >= 11 is 1.71. The van der Waals surface area contributed by atoms with Gasteiger partial charge in [0.15, 0.2) is 0 Å². The van der Waals surface area contributed by atoms with Crippen LogP contribution in [0.5, 0.6) is 0 Å². The van der Waals surface area contributed by atoms with Crippen molar-refractivity contribution < 1.29 is 14.3 Å². The molecule has 0 aromatic carbocycles. The third-order valence-electron chi connectivity index (χ3n) is 3.49. The molecule has 1 aliphatic rings. The van der Waals surface area contributed by atoms with Crippen LogP contribution in [-0.2, 0) is 20.7 Å². The second-order valence-electron chi connectivity index (χ2n) is 6.51. The molecule has 21 heavy (non-hydrogen) atoms. The Balaban J connectivity index is 1.98. The maximum atomic E-state index is 12.4. The van der Waals surface area contributed by atoms with Crippen molar-refractivity contribution in [3.8, 4) is 0 Å². The number of amides is 1. The Labute approximate surface area is 129 Å². The second-order valence-corrected chi connectivity index (χ2v) is 7.51. The fourth-order valence-corrected chi connectivity index (χ4v) is 3.51. The van der Waals surface area contributed by atoms with Gasteiger partial charge in [0.25, 0.3) is 0 Å². The lowest BCUT2D eigenvalue weighted by Gasteiger charge is -2.25. The summed E-state index contributed by atoms with van der Waals surface area (Å²) in [6, 6.07) is 1.40. The zero-order valence-electron chi connectivity index (χ0n) is 13.1. The number of fused-ring (bicyclic) bond motifs is 1. The number of hydrogen-bond donors (Lipinski definition) is 1. The molecule has 1 aromatic rings. The molecule has 0 bridgehead atoms. The van der Waals surface area contributed by atoms with Crippen molar-refractivity contribution in [3.63, 3.8) is 0 Å². The summed E-state index contributed by atoms with van der Waals surface area (Å²) in [5.41, 5.74) is 0.585. The lowest BCUT2D eigenvalue weighted by molar-refractivity contribution is -0.158. The van der Waals surface area contributed by atoms with Gasteiger partial charge in [-0.25, -0.2) is 4.79 Å². The van der Waals surface area contributed by atoms with Crippen LogP contribution in [0.15, 0.2) is 11.4 Å².